The molecule has 3 N–H and O–H groups in total. The number of likely N-dealkylation sites (tertiary alicyclic amines) is 1. The van der Waals surface area contributed by atoms with Gasteiger partial charge in [0.2, 0.25) is 17.7 Å². The summed E-state index contributed by atoms with van der Waals surface area (Å²) < 4.78 is 0. The maximum atomic E-state index is 12.0. The Kier molecular flexibility index (Phi) is 7.38. The van der Waals surface area contributed by atoms with Crippen LogP contribution in [0.15, 0.2) is 0 Å². The van der Waals surface area contributed by atoms with Crippen LogP contribution in [0.25, 0.3) is 0 Å². The van der Waals surface area contributed by atoms with Gasteiger partial charge in [0, 0.05) is 6.54 Å². The molecule has 0 aromatic rings. The highest BCUT2D eigenvalue weighted by Gasteiger charge is 2.26. The third kappa shape index (κ3) is 5.90. The first-order chi connectivity index (χ1) is 10.1. The Bertz CT molecular complexity index is 400. The Morgan fingerprint density at radius 3 is 2.43 bits per heavy atom. The van der Waals surface area contributed by atoms with Crippen molar-refractivity contribution in [3.05, 3.63) is 0 Å². The highest BCUT2D eigenvalue weighted by molar-refractivity contribution is 5.89. The summed E-state index contributed by atoms with van der Waals surface area (Å²) in [4.78, 5) is 47.0. The van der Waals surface area contributed by atoms with E-state index in [-0.39, 0.29) is 31.4 Å². The first kappa shape index (κ1) is 17.1. The van der Waals surface area contributed by atoms with Gasteiger partial charge < -0.3 is 25.6 Å². The number of aldehydes is 1. The lowest BCUT2D eigenvalue weighted by Gasteiger charge is -2.32. The summed E-state index contributed by atoms with van der Waals surface area (Å²) in [6.45, 7) is 0.327. The summed E-state index contributed by atoms with van der Waals surface area (Å²) in [7, 11) is 1.63. The second kappa shape index (κ2) is 9.06. The van der Waals surface area contributed by atoms with Gasteiger partial charge in [0.1, 0.15) is 6.29 Å². The van der Waals surface area contributed by atoms with E-state index in [9.17, 15) is 19.2 Å². The molecule has 118 valence electrons. The second-order valence-corrected chi connectivity index (χ2v) is 4.87. The standard InChI is InChI=1S/C13H22N4O4/c1-14-6-11(19)15-7-12(20)16-8-13(21)17-5-3-2-4-10(17)9-18/h9-10,14H,2-8H2,1H3,(H,15,19)(H,16,20). The average molecular weight is 298 g/mol. The fourth-order valence-corrected chi connectivity index (χ4v) is 2.15. The average Bonchev–Trinajstić information content (AvgIpc) is 2.50. The molecule has 1 aliphatic heterocycles. The van der Waals surface area contributed by atoms with Crippen LogP contribution in [0, 0.1) is 0 Å². The zero-order valence-corrected chi connectivity index (χ0v) is 12.2. The molecule has 1 aliphatic rings. The van der Waals surface area contributed by atoms with E-state index < -0.39 is 11.9 Å². The van der Waals surface area contributed by atoms with Gasteiger partial charge in [-0.15, -0.1) is 0 Å². The van der Waals surface area contributed by atoms with Crippen LogP contribution >= 0.6 is 0 Å². The molecule has 1 fully saturated rings. The van der Waals surface area contributed by atoms with Crippen molar-refractivity contribution in [3.63, 3.8) is 0 Å². The minimum Gasteiger partial charge on any atom is -0.346 e. The minimum absolute atomic E-state index is 0.126. The number of rotatable bonds is 7. The van der Waals surface area contributed by atoms with Gasteiger partial charge >= 0.3 is 0 Å². The Balaban J connectivity index is 2.29. The molecule has 8 nitrogen and oxygen atoms in total. The van der Waals surface area contributed by atoms with Crippen LogP contribution in [-0.2, 0) is 19.2 Å². The number of hydrogen-bond acceptors (Lipinski definition) is 5. The minimum atomic E-state index is -0.438. The van der Waals surface area contributed by atoms with Crippen LogP contribution in [0.3, 0.4) is 0 Å². The quantitative estimate of drug-likeness (QED) is 0.472. The molecular weight excluding hydrogens is 276 g/mol. The maximum absolute atomic E-state index is 12.0. The summed E-state index contributed by atoms with van der Waals surface area (Å²) in [6.07, 6.45) is 3.24. The van der Waals surface area contributed by atoms with Crippen molar-refractivity contribution in [2.75, 3.05) is 33.2 Å². The fraction of sp³-hybridized carbons (Fsp3) is 0.692. The van der Waals surface area contributed by atoms with Gasteiger partial charge in [-0.2, -0.15) is 0 Å². The van der Waals surface area contributed by atoms with Crippen LogP contribution < -0.4 is 16.0 Å². The smallest absolute Gasteiger partial charge is 0.242 e. The molecule has 1 saturated heterocycles. The van der Waals surface area contributed by atoms with E-state index in [1.807, 2.05) is 0 Å². The van der Waals surface area contributed by atoms with Crippen LogP contribution in [0.1, 0.15) is 19.3 Å². The summed E-state index contributed by atoms with van der Waals surface area (Å²) in [5, 5.41) is 7.51. The van der Waals surface area contributed by atoms with Crippen LogP contribution in [-0.4, -0.2) is 68.2 Å². The Hall–Kier alpha value is -1.96. The number of hydrogen-bond donors (Lipinski definition) is 3. The molecule has 0 aliphatic carbocycles. The lowest BCUT2D eigenvalue weighted by molar-refractivity contribution is -0.138. The number of carbonyl (C=O) groups is 4. The summed E-state index contributed by atoms with van der Waals surface area (Å²) in [5.74, 6) is -1.01. The van der Waals surface area contributed by atoms with Gasteiger partial charge in [0.15, 0.2) is 0 Å². The molecule has 8 heteroatoms. The summed E-state index contributed by atoms with van der Waals surface area (Å²) in [6, 6.07) is -0.390. The van der Waals surface area contributed by atoms with Crippen molar-refractivity contribution in [1.29, 1.82) is 0 Å². The Morgan fingerprint density at radius 2 is 1.76 bits per heavy atom. The molecule has 0 radical (unpaired) electrons. The number of likely N-dealkylation sites (N-methyl/N-ethyl adjacent to an activating group) is 1. The summed E-state index contributed by atoms with van der Waals surface area (Å²) in [5.41, 5.74) is 0. The predicted molar refractivity (Wildman–Crippen MR) is 75.4 cm³/mol. The lowest BCUT2D eigenvalue weighted by Crippen LogP contribution is -2.49. The van der Waals surface area contributed by atoms with Crippen molar-refractivity contribution < 1.29 is 19.2 Å². The van der Waals surface area contributed by atoms with Gasteiger partial charge in [-0.1, -0.05) is 0 Å². The van der Waals surface area contributed by atoms with Crippen molar-refractivity contribution in [2.45, 2.75) is 25.3 Å². The predicted octanol–water partition coefficient (Wildman–Crippen LogP) is -1.98. The van der Waals surface area contributed by atoms with E-state index in [1.54, 1.807) is 7.05 Å². The van der Waals surface area contributed by atoms with Crippen LogP contribution in [0.2, 0.25) is 0 Å². The van der Waals surface area contributed by atoms with Gasteiger partial charge in [0.25, 0.3) is 0 Å². The van der Waals surface area contributed by atoms with Gasteiger partial charge in [-0.3, -0.25) is 14.4 Å². The maximum Gasteiger partial charge on any atom is 0.242 e. The van der Waals surface area contributed by atoms with Crippen LogP contribution in [0.4, 0.5) is 0 Å². The molecule has 1 rings (SSSR count). The number of piperidine rings is 1. The molecule has 0 saturated carbocycles. The highest BCUT2D eigenvalue weighted by Crippen LogP contribution is 2.15. The summed E-state index contributed by atoms with van der Waals surface area (Å²) >= 11 is 0. The van der Waals surface area contributed by atoms with E-state index in [0.29, 0.717) is 13.0 Å². The molecule has 0 aromatic heterocycles. The Labute approximate surface area is 123 Å². The number of nitrogens with zero attached hydrogens (tertiary/aromatic N) is 1. The Morgan fingerprint density at radius 1 is 1.10 bits per heavy atom. The fourth-order valence-electron chi connectivity index (χ4n) is 2.15. The lowest BCUT2D eigenvalue weighted by atomic mass is 10.0. The second-order valence-electron chi connectivity index (χ2n) is 4.87. The van der Waals surface area contributed by atoms with Gasteiger partial charge in [-0.05, 0) is 26.3 Å². The molecule has 1 unspecified atom stereocenters. The van der Waals surface area contributed by atoms with E-state index in [1.165, 1.54) is 4.90 Å². The van der Waals surface area contributed by atoms with Crippen molar-refractivity contribution >= 4 is 24.0 Å². The SMILES string of the molecule is CNCC(=O)NCC(=O)NCC(=O)N1CCCCC1C=O. The molecule has 0 aromatic carbocycles. The molecule has 0 spiro atoms. The zero-order valence-electron chi connectivity index (χ0n) is 12.2. The molecule has 3 amide bonds. The highest BCUT2D eigenvalue weighted by atomic mass is 16.2. The van der Waals surface area contributed by atoms with Crippen molar-refractivity contribution in [1.82, 2.24) is 20.9 Å². The normalized spacial score (nSPS) is 18.0. The number of nitrogens with one attached hydrogen (secondary N) is 3. The van der Waals surface area contributed by atoms with E-state index in [2.05, 4.69) is 16.0 Å². The molecule has 1 atom stereocenters. The number of amides is 3. The molecule has 1 heterocycles. The van der Waals surface area contributed by atoms with Crippen molar-refractivity contribution in [3.8, 4) is 0 Å². The van der Waals surface area contributed by atoms with E-state index in [0.717, 1.165) is 19.1 Å². The number of carbonyl (C=O) groups excluding carboxylic acids is 4. The largest absolute Gasteiger partial charge is 0.346 e. The third-order valence-electron chi connectivity index (χ3n) is 3.25. The first-order valence-electron chi connectivity index (χ1n) is 7.01. The van der Waals surface area contributed by atoms with Crippen LogP contribution in [0.5, 0.6) is 0 Å². The first-order valence-corrected chi connectivity index (χ1v) is 7.01. The topological polar surface area (TPSA) is 108 Å². The molecule has 21 heavy (non-hydrogen) atoms. The van der Waals surface area contributed by atoms with Gasteiger partial charge in [0.05, 0.1) is 25.7 Å². The van der Waals surface area contributed by atoms with Gasteiger partial charge in [-0.25, -0.2) is 0 Å². The van der Waals surface area contributed by atoms with E-state index in [4.69, 9.17) is 0 Å². The third-order valence-corrected chi connectivity index (χ3v) is 3.25. The van der Waals surface area contributed by atoms with E-state index >= 15 is 0 Å². The molecular formula is C13H22N4O4. The monoisotopic (exact) mass is 298 g/mol. The zero-order chi connectivity index (χ0) is 15.7. The molecule has 0 bridgehead atoms. The van der Waals surface area contributed by atoms with Crippen molar-refractivity contribution in [2.24, 2.45) is 0 Å².